The number of hydrogen-bond donors (Lipinski definition) is 1. The number of pyridine rings is 1. The quantitative estimate of drug-likeness (QED) is 0.436. The van der Waals surface area contributed by atoms with Crippen molar-refractivity contribution >= 4 is 11.6 Å². The van der Waals surface area contributed by atoms with Crippen LogP contribution in [0.5, 0.6) is 5.75 Å². The minimum atomic E-state index is 0.131. The van der Waals surface area contributed by atoms with Crippen molar-refractivity contribution in [1.29, 1.82) is 10.7 Å². The maximum atomic E-state index is 8.67. The van der Waals surface area contributed by atoms with E-state index < -0.39 is 0 Å². The van der Waals surface area contributed by atoms with Gasteiger partial charge in [-0.2, -0.15) is 5.26 Å². The molecule has 0 saturated heterocycles. The lowest BCUT2D eigenvalue weighted by Gasteiger charge is -1.99. The number of hydrogen-bond acceptors (Lipinski definition) is 3. The van der Waals surface area contributed by atoms with Gasteiger partial charge in [0, 0.05) is 6.07 Å². The zero-order valence-corrected chi connectivity index (χ0v) is 7.82. The first-order valence-electron chi connectivity index (χ1n) is 4.16. The second-order valence-corrected chi connectivity index (χ2v) is 2.47. The summed E-state index contributed by atoms with van der Waals surface area (Å²) in [6.45, 7) is 2.45. The average molecular weight is 188 g/mol. The van der Waals surface area contributed by atoms with Crippen LogP contribution in [-0.2, 0) is 0 Å². The van der Waals surface area contributed by atoms with E-state index in [4.69, 9.17) is 15.4 Å². The molecule has 1 heterocycles. The Kier molecular flexibility index (Phi) is 3.42. The molecule has 1 aromatic heterocycles. The minimum Gasteiger partial charge on any atom is -0.488 e. The molecule has 0 unspecified atom stereocenters. The highest BCUT2D eigenvalue weighted by molar-refractivity contribution is 5.80. The molecule has 0 aromatic carbocycles. The highest BCUT2D eigenvalue weighted by Crippen LogP contribution is 2.05. The molecule has 0 bridgehead atoms. The van der Waals surface area contributed by atoms with Gasteiger partial charge in [0.25, 0.3) is 0 Å². The van der Waals surface area contributed by atoms with Crippen LogP contribution in [0, 0.1) is 16.7 Å². The second kappa shape index (κ2) is 4.80. The Morgan fingerprint density at radius 3 is 3.07 bits per heavy atom. The fraction of sp³-hybridized carbons (Fsp3) is 0.200. The third-order valence-corrected chi connectivity index (χ3v) is 1.57. The number of nitrogens with one attached hydrogen (secondary N) is 1. The molecule has 0 aliphatic heterocycles. The smallest absolute Gasteiger partial charge is 0.351 e. The average Bonchev–Trinajstić information content (AvgIpc) is 2.21. The van der Waals surface area contributed by atoms with Crippen molar-refractivity contribution in [3.63, 3.8) is 0 Å². The predicted octanol–water partition coefficient (Wildman–Crippen LogP) is 0.986. The Bertz CT molecular complexity index is 414. The number of nitriles is 1. The maximum Gasteiger partial charge on any atom is 0.351 e. The van der Waals surface area contributed by atoms with Gasteiger partial charge in [-0.3, -0.25) is 5.41 Å². The highest BCUT2D eigenvalue weighted by Gasteiger charge is 2.09. The standard InChI is InChI=1S/C10H10N3O/c1-2-14-10-4-3-5-13(8-10)9(6-11)7-12/h3-5,8,11H,2H2,1H3/q+1. The number of ether oxygens (including phenoxy) is 1. The zero-order chi connectivity index (χ0) is 10.4. The van der Waals surface area contributed by atoms with Gasteiger partial charge in [-0.05, 0) is 13.0 Å². The summed E-state index contributed by atoms with van der Waals surface area (Å²) >= 11 is 0. The van der Waals surface area contributed by atoms with Crippen LogP contribution in [0.3, 0.4) is 0 Å². The molecule has 0 spiro atoms. The predicted molar refractivity (Wildman–Crippen MR) is 50.8 cm³/mol. The van der Waals surface area contributed by atoms with Gasteiger partial charge in [-0.1, -0.05) is 0 Å². The summed E-state index contributed by atoms with van der Waals surface area (Å²) in [6.07, 6.45) is 3.31. The molecule has 14 heavy (non-hydrogen) atoms. The molecule has 0 atom stereocenters. The highest BCUT2D eigenvalue weighted by atomic mass is 16.5. The second-order valence-electron chi connectivity index (χ2n) is 2.47. The summed E-state index contributed by atoms with van der Waals surface area (Å²) in [7, 11) is 0. The molecule has 70 valence electrons. The van der Waals surface area contributed by atoms with Gasteiger partial charge in [0.15, 0.2) is 18.0 Å². The van der Waals surface area contributed by atoms with Crippen LogP contribution >= 0.6 is 0 Å². The van der Waals surface area contributed by atoms with Crippen molar-refractivity contribution in [1.82, 2.24) is 0 Å². The van der Waals surface area contributed by atoms with Crippen LogP contribution in [-0.4, -0.2) is 12.5 Å². The summed E-state index contributed by atoms with van der Waals surface area (Å²) in [5.74, 6) is 2.72. The summed E-state index contributed by atoms with van der Waals surface area (Å²) in [6, 6.07) is 5.40. The van der Waals surface area contributed by atoms with Gasteiger partial charge >= 0.3 is 5.70 Å². The van der Waals surface area contributed by atoms with Crippen LogP contribution in [0.2, 0.25) is 0 Å². The summed E-state index contributed by atoms with van der Waals surface area (Å²) < 4.78 is 6.75. The summed E-state index contributed by atoms with van der Waals surface area (Å²) in [4.78, 5) is 0. The molecule has 0 saturated carbocycles. The zero-order valence-electron chi connectivity index (χ0n) is 7.82. The summed E-state index contributed by atoms with van der Waals surface area (Å²) in [5.41, 5.74) is 0.131. The molecule has 0 fully saturated rings. The maximum absolute atomic E-state index is 8.67. The Hall–Kier alpha value is -2.11. The van der Waals surface area contributed by atoms with E-state index in [1.54, 1.807) is 24.5 Å². The first kappa shape index (κ1) is 9.97. The first-order valence-corrected chi connectivity index (χ1v) is 4.16. The van der Waals surface area contributed by atoms with E-state index >= 15 is 0 Å². The lowest BCUT2D eigenvalue weighted by Crippen LogP contribution is -2.31. The number of rotatable bonds is 3. The van der Waals surface area contributed by atoms with Gasteiger partial charge in [-0.15, -0.1) is 4.57 Å². The Morgan fingerprint density at radius 1 is 1.71 bits per heavy atom. The normalized spacial score (nSPS) is 8.57. The fourth-order valence-corrected chi connectivity index (χ4v) is 0.995. The van der Waals surface area contributed by atoms with Gasteiger partial charge in [0.1, 0.15) is 0 Å². The van der Waals surface area contributed by atoms with E-state index in [1.165, 1.54) is 4.57 Å². The van der Waals surface area contributed by atoms with Crippen molar-refractivity contribution in [2.75, 3.05) is 6.61 Å². The lowest BCUT2D eigenvalue weighted by atomic mass is 10.4. The van der Waals surface area contributed by atoms with Gasteiger partial charge in [0.05, 0.1) is 12.5 Å². The number of aromatic nitrogens is 1. The molecular weight excluding hydrogens is 178 g/mol. The van der Waals surface area contributed by atoms with Crippen LogP contribution < -0.4 is 9.30 Å². The Balaban J connectivity index is 3.06. The molecule has 0 aliphatic rings. The Labute approximate surface area is 82.2 Å². The molecule has 1 rings (SSSR count). The molecular formula is C10H10N3O+. The van der Waals surface area contributed by atoms with Crippen molar-refractivity contribution in [3.05, 3.63) is 24.5 Å². The third kappa shape index (κ3) is 2.19. The van der Waals surface area contributed by atoms with E-state index in [9.17, 15) is 0 Å². The van der Waals surface area contributed by atoms with Gasteiger partial charge in [0.2, 0.25) is 6.20 Å². The molecule has 0 radical (unpaired) electrons. The van der Waals surface area contributed by atoms with Crippen LogP contribution in [0.15, 0.2) is 24.5 Å². The van der Waals surface area contributed by atoms with Crippen LogP contribution in [0.25, 0.3) is 5.70 Å². The largest absolute Gasteiger partial charge is 0.488 e. The SMILES string of the molecule is CCOc1ccc[n+](C(=C=N)C#N)c1. The summed E-state index contributed by atoms with van der Waals surface area (Å²) in [5, 5.41) is 15.6. The topological polar surface area (TPSA) is 60.8 Å². The third-order valence-electron chi connectivity index (χ3n) is 1.57. The van der Waals surface area contributed by atoms with E-state index in [0.717, 1.165) is 0 Å². The van der Waals surface area contributed by atoms with Crippen molar-refractivity contribution in [2.24, 2.45) is 0 Å². The fourth-order valence-electron chi connectivity index (χ4n) is 0.995. The first-order chi connectivity index (χ1) is 6.81. The minimum absolute atomic E-state index is 0.131. The van der Waals surface area contributed by atoms with E-state index in [2.05, 4.69) is 5.87 Å². The van der Waals surface area contributed by atoms with Gasteiger partial charge < -0.3 is 4.74 Å². The molecule has 4 nitrogen and oxygen atoms in total. The molecule has 4 heteroatoms. The molecule has 1 N–H and O–H groups in total. The monoisotopic (exact) mass is 188 g/mol. The van der Waals surface area contributed by atoms with Crippen molar-refractivity contribution < 1.29 is 9.30 Å². The van der Waals surface area contributed by atoms with Crippen molar-refractivity contribution in [2.45, 2.75) is 6.92 Å². The number of nitrogens with zero attached hydrogens (tertiary/aromatic N) is 2. The van der Waals surface area contributed by atoms with E-state index in [1.807, 2.05) is 13.0 Å². The Morgan fingerprint density at radius 2 is 2.50 bits per heavy atom. The van der Waals surface area contributed by atoms with Crippen LogP contribution in [0.1, 0.15) is 6.92 Å². The van der Waals surface area contributed by atoms with Crippen LogP contribution in [0.4, 0.5) is 0 Å². The van der Waals surface area contributed by atoms with Crippen molar-refractivity contribution in [3.8, 4) is 11.8 Å². The molecule has 0 amide bonds. The van der Waals surface area contributed by atoms with E-state index in [0.29, 0.717) is 12.4 Å². The number of allylic oxidation sites excluding steroid dienone is 1. The van der Waals surface area contributed by atoms with E-state index in [-0.39, 0.29) is 5.70 Å². The lowest BCUT2D eigenvalue weighted by molar-refractivity contribution is -0.576. The molecule has 0 aliphatic carbocycles. The molecule has 1 aromatic rings. The van der Waals surface area contributed by atoms with Gasteiger partial charge in [-0.25, -0.2) is 0 Å².